The van der Waals surface area contributed by atoms with Crippen molar-refractivity contribution in [1.82, 2.24) is 4.72 Å². The Hall–Kier alpha value is -0.930. The smallest absolute Gasteiger partial charge is 0.228 e. The molecule has 14 heavy (non-hydrogen) atoms. The third-order valence-electron chi connectivity index (χ3n) is 1.84. The van der Waals surface area contributed by atoms with Gasteiger partial charge in [-0.25, -0.2) is 13.1 Å². The van der Waals surface area contributed by atoms with Gasteiger partial charge in [0.25, 0.3) is 0 Å². The van der Waals surface area contributed by atoms with E-state index in [4.69, 9.17) is 5.26 Å². The first-order chi connectivity index (χ1) is 6.35. The van der Waals surface area contributed by atoms with Gasteiger partial charge in [0, 0.05) is 0 Å². The van der Waals surface area contributed by atoms with E-state index in [1.165, 1.54) is 13.8 Å². The van der Waals surface area contributed by atoms with Gasteiger partial charge < -0.3 is 0 Å². The van der Waals surface area contributed by atoms with Gasteiger partial charge in [-0.1, -0.05) is 6.92 Å². The van der Waals surface area contributed by atoms with Crippen molar-refractivity contribution >= 4 is 15.8 Å². The number of nitrogens with one attached hydrogen (secondary N) is 1. The summed E-state index contributed by atoms with van der Waals surface area (Å²) >= 11 is 0. The van der Waals surface area contributed by atoms with Gasteiger partial charge in [-0.2, -0.15) is 5.26 Å². The van der Waals surface area contributed by atoms with E-state index in [2.05, 4.69) is 4.72 Å². The minimum absolute atomic E-state index is 0.205. The Balaban J connectivity index is 4.67. The quantitative estimate of drug-likeness (QED) is 0.713. The van der Waals surface area contributed by atoms with Crippen LogP contribution < -0.4 is 4.72 Å². The van der Waals surface area contributed by atoms with Crippen LogP contribution in [0.3, 0.4) is 0 Å². The third kappa shape index (κ3) is 3.44. The van der Waals surface area contributed by atoms with Crippen molar-refractivity contribution < 1.29 is 13.2 Å². The molecule has 80 valence electrons. The van der Waals surface area contributed by atoms with Crippen LogP contribution >= 0.6 is 0 Å². The van der Waals surface area contributed by atoms with E-state index in [1.54, 1.807) is 13.0 Å². The van der Waals surface area contributed by atoms with E-state index in [9.17, 15) is 13.2 Å². The second-order valence-electron chi connectivity index (χ2n) is 3.02. The van der Waals surface area contributed by atoms with Crippen LogP contribution in [0.4, 0.5) is 0 Å². The van der Waals surface area contributed by atoms with Crippen molar-refractivity contribution in [1.29, 1.82) is 5.26 Å². The monoisotopic (exact) mass is 218 g/mol. The van der Waals surface area contributed by atoms with Gasteiger partial charge in [0.15, 0.2) is 5.25 Å². The first-order valence-corrected chi connectivity index (χ1v) is 5.81. The summed E-state index contributed by atoms with van der Waals surface area (Å²) in [6, 6.07) is 0.899. The second kappa shape index (κ2) is 5.08. The summed E-state index contributed by atoms with van der Waals surface area (Å²) in [6.45, 7) is 4.34. The molecule has 0 spiro atoms. The van der Waals surface area contributed by atoms with Crippen LogP contribution in [0.15, 0.2) is 0 Å². The minimum Gasteiger partial charge on any atom is -0.298 e. The van der Waals surface area contributed by atoms with Crippen molar-refractivity contribution in [2.45, 2.75) is 38.5 Å². The number of sulfonamides is 1. The zero-order chi connectivity index (χ0) is 11.4. The highest BCUT2D eigenvalue weighted by Crippen LogP contribution is 2.03. The molecule has 0 aliphatic rings. The predicted molar refractivity (Wildman–Crippen MR) is 51.9 cm³/mol. The summed E-state index contributed by atoms with van der Waals surface area (Å²) in [5.74, 6) is -0.277. The lowest BCUT2D eigenvalue weighted by Crippen LogP contribution is -2.42. The van der Waals surface area contributed by atoms with E-state index in [0.29, 0.717) is 0 Å². The lowest BCUT2D eigenvalue weighted by molar-refractivity contribution is -0.118. The molecule has 5 nitrogen and oxygen atoms in total. The van der Waals surface area contributed by atoms with E-state index in [-0.39, 0.29) is 12.2 Å². The van der Waals surface area contributed by atoms with E-state index < -0.39 is 21.3 Å². The number of nitriles is 1. The van der Waals surface area contributed by atoms with E-state index in [1.807, 2.05) is 0 Å². The van der Waals surface area contributed by atoms with Crippen LogP contribution in [0, 0.1) is 11.3 Å². The Morgan fingerprint density at radius 3 is 2.36 bits per heavy atom. The molecule has 0 saturated carbocycles. The Kier molecular flexibility index (Phi) is 4.74. The molecule has 0 aliphatic heterocycles. The Morgan fingerprint density at radius 1 is 1.57 bits per heavy atom. The van der Waals surface area contributed by atoms with Crippen LogP contribution in [-0.2, 0) is 14.8 Å². The zero-order valence-corrected chi connectivity index (χ0v) is 9.26. The molecular formula is C8H14N2O3S. The highest BCUT2D eigenvalue weighted by molar-refractivity contribution is 7.90. The number of rotatable bonds is 5. The third-order valence-corrected chi connectivity index (χ3v) is 3.71. The lowest BCUT2D eigenvalue weighted by Gasteiger charge is -2.13. The highest BCUT2D eigenvalue weighted by Gasteiger charge is 2.26. The fourth-order valence-corrected chi connectivity index (χ4v) is 2.19. The molecule has 0 radical (unpaired) electrons. The molecule has 0 aromatic rings. The molecule has 0 saturated heterocycles. The van der Waals surface area contributed by atoms with Gasteiger partial charge in [-0.3, -0.25) is 4.79 Å². The molecule has 0 rings (SSSR count). The molecular weight excluding hydrogens is 204 g/mol. The number of carbonyl (C=O) groups is 1. The minimum atomic E-state index is -3.70. The highest BCUT2D eigenvalue weighted by atomic mass is 32.2. The van der Waals surface area contributed by atoms with E-state index >= 15 is 0 Å². The molecule has 0 fully saturated rings. The normalized spacial score (nSPS) is 15.6. The molecule has 1 N–H and O–H groups in total. The van der Waals surface area contributed by atoms with Gasteiger partial charge in [0.1, 0.15) is 5.78 Å². The van der Waals surface area contributed by atoms with Crippen molar-refractivity contribution in [2.24, 2.45) is 0 Å². The van der Waals surface area contributed by atoms with Gasteiger partial charge >= 0.3 is 0 Å². The Morgan fingerprint density at radius 2 is 2.07 bits per heavy atom. The van der Waals surface area contributed by atoms with Crippen molar-refractivity contribution in [3.63, 3.8) is 0 Å². The molecule has 0 heterocycles. The van der Waals surface area contributed by atoms with Crippen molar-refractivity contribution in [2.75, 3.05) is 0 Å². The molecule has 0 aromatic heterocycles. The standard InChI is InChI=1S/C8H14N2O3S/c1-4-8(5-9)14(12,13)10-6(2)7(3)11/h6,8,10H,4H2,1-3H3. The van der Waals surface area contributed by atoms with Crippen LogP contribution in [0.1, 0.15) is 27.2 Å². The maximum atomic E-state index is 11.4. The van der Waals surface area contributed by atoms with Crippen LogP contribution in [0.25, 0.3) is 0 Å². The first kappa shape index (κ1) is 13.1. The SMILES string of the molecule is CCC(C#N)S(=O)(=O)NC(C)C(C)=O. The topological polar surface area (TPSA) is 87.0 Å². The number of Topliss-reactive ketones (excluding diaryl/α,β-unsaturated/α-hetero) is 1. The molecule has 0 amide bonds. The molecule has 0 bridgehead atoms. The number of hydrogen-bond donors (Lipinski definition) is 1. The second-order valence-corrected chi connectivity index (χ2v) is 4.92. The maximum absolute atomic E-state index is 11.4. The first-order valence-electron chi connectivity index (χ1n) is 4.26. The molecule has 6 heteroatoms. The maximum Gasteiger partial charge on any atom is 0.228 e. The van der Waals surface area contributed by atoms with Gasteiger partial charge in [0.05, 0.1) is 12.1 Å². The number of hydrogen-bond acceptors (Lipinski definition) is 4. The fourth-order valence-electron chi connectivity index (χ4n) is 0.792. The average molecular weight is 218 g/mol. The fraction of sp³-hybridized carbons (Fsp3) is 0.750. The summed E-state index contributed by atoms with van der Waals surface area (Å²) in [4.78, 5) is 10.8. The van der Waals surface area contributed by atoms with Crippen LogP contribution in [0.5, 0.6) is 0 Å². The molecule has 0 aromatic carbocycles. The van der Waals surface area contributed by atoms with Gasteiger partial charge in [-0.05, 0) is 20.3 Å². The van der Waals surface area contributed by atoms with Gasteiger partial charge in [-0.15, -0.1) is 0 Å². The zero-order valence-electron chi connectivity index (χ0n) is 8.44. The summed E-state index contributed by atoms with van der Waals surface area (Å²) in [5, 5.41) is 7.47. The Bertz CT molecular complexity index is 342. The summed E-state index contributed by atoms with van der Waals surface area (Å²) in [6.07, 6.45) is 0.205. The predicted octanol–water partition coefficient (Wildman–Crippen LogP) is 0.185. The van der Waals surface area contributed by atoms with E-state index in [0.717, 1.165) is 0 Å². The van der Waals surface area contributed by atoms with Crippen molar-refractivity contribution in [3.05, 3.63) is 0 Å². The average Bonchev–Trinajstić information content (AvgIpc) is 2.04. The molecule has 0 aliphatic carbocycles. The number of carbonyl (C=O) groups excluding carboxylic acids is 1. The summed E-state index contributed by atoms with van der Waals surface area (Å²) < 4.78 is 25.0. The number of nitrogens with zero attached hydrogens (tertiary/aromatic N) is 1. The summed E-state index contributed by atoms with van der Waals surface area (Å²) in [7, 11) is -3.70. The Labute approximate surface area is 84.2 Å². The van der Waals surface area contributed by atoms with Crippen LogP contribution in [-0.4, -0.2) is 25.5 Å². The largest absolute Gasteiger partial charge is 0.298 e. The van der Waals surface area contributed by atoms with Gasteiger partial charge in [0.2, 0.25) is 10.0 Å². The molecule has 2 atom stereocenters. The van der Waals surface area contributed by atoms with Crippen LogP contribution in [0.2, 0.25) is 0 Å². The number of ketones is 1. The lowest BCUT2D eigenvalue weighted by atomic mass is 10.3. The summed E-state index contributed by atoms with van der Waals surface area (Å²) in [5.41, 5.74) is 0. The van der Waals surface area contributed by atoms with Crippen molar-refractivity contribution in [3.8, 4) is 6.07 Å². The molecule has 2 unspecified atom stereocenters.